The molecule has 1 N–H and O–H groups in total. The van der Waals surface area contributed by atoms with E-state index in [9.17, 15) is 4.79 Å². The second-order valence-electron chi connectivity index (χ2n) is 5.79. The number of halogens is 1. The number of nitrogens with zero attached hydrogens (tertiary/aromatic N) is 3. The van der Waals surface area contributed by atoms with E-state index in [0.717, 1.165) is 0 Å². The van der Waals surface area contributed by atoms with Gasteiger partial charge in [0, 0.05) is 11.5 Å². The Labute approximate surface area is 138 Å². The van der Waals surface area contributed by atoms with Crippen molar-refractivity contribution in [1.29, 1.82) is 0 Å². The Morgan fingerprint density at radius 1 is 1.39 bits per heavy atom. The number of anilines is 1. The maximum Gasteiger partial charge on any atom is 0.343 e. The third-order valence-electron chi connectivity index (χ3n) is 2.95. The van der Waals surface area contributed by atoms with Gasteiger partial charge >= 0.3 is 5.84 Å². The van der Waals surface area contributed by atoms with Crippen LogP contribution in [-0.2, 0) is 5.41 Å². The molecule has 23 heavy (non-hydrogen) atoms. The van der Waals surface area contributed by atoms with Gasteiger partial charge in [0.25, 0.3) is 0 Å². The molecule has 0 saturated heterocycles. The topological polar surface area (TPSA) is 71.8 Å². The van der Waals surface area contributed by atoms with E-state index in [-0.39, 0.29) is 16.9 Å². The van der Waals surface area contributed by atoms with Gasteiger partial charge in [0.15, 0.2) is 0 Å². The highest BCUT2D eigenvalue weighted by molar-refractivity contribution is 6.48. The van der Waals surface area contributed by atoms with Gasteiger partial charge in [-0.05, 0) is 17.2 Å². The fraction of sp³-hybridized carbons (Fsp3) is 0.250. The molecular weight excluding hydrogens is 316 g/mol. The van der Waals surface area contributed by atoms with E-state index in [2.05, 4.69) is 20.5 Å². The zero-order chi connectivity index (χ0) is 17.0. The van der Waals surface area contributed by atoms with E-state index in [0.29, 0.717) is 16.5 Å². The highest BCUT2D eigenvalue weighted by Crippen LogP contribution is 2.23. The first-order valence-electron chi connectivity index (χ1n) is 6.80. The van der Waals surface area contributed by atoms with Gasteiger partial charge in [-0.1, -0.05) is 56.2 Å². The minimum atomic E-state index is -0.612. The number of rotatable bonds is 4. The summed E-state index contributed by atoms with van der Waals surface area (Å²) in [7, 11) is 0. The van der Waals surface area contributed by atoms with E-state index < -0.39 is 5.78 Å². The number of ketones is 1. The zero-order valence-corrected chi connectivity index (χ0v) is 13.7. The number of nitrogens with one attached hydrogen (secondary N) is 1. The van der Waals surface area contributed by atoms with Gasteiger partial charge < -0.3 is 9.37 Å². The SMILES string of the molecule is [C-]#[N+]/C(=N\Nc1ccccc1Cl)C(=O)c1cc(C(C)(C)C)on1. The molecule has 2 rings (SSSR count). The summed E-state index contributed by atoms with van der Waals surface area (Å²) in [6, 6.07) is 8.41. The summed E-state index contributed by atoms with van der Waals surface area (Å²) in [6.07, 6.45) is 0. The maximum absolute atomic E-state index is 12.3. The van der Waals surface area contributed by atoms with Crippen LogP contribution < -0.4 is 5.43 Å². The summed E-state index contributed by atoms with van der Waals surface area (Å²) in [5.74, 6) is -0.401. The Morgan fingerprint density at radius 3 is 2.65 bits per heavy atom. The smallest absolute Gasteiger partial charge is 0.343 e. The second kappa shape index (κ2) is 6.63. The maximum atomic E-state index is 12.3. The molecule has 0 saturated carbocycles. The normalized spacial score (nSPS) is 11.9. The zero-order valence-electron chi connectivity index (χ0n) is 12.9. The van der Waals surface area contributed by atoms with Crippen LogP contribution in [-0.4, -0.2) is 16.8 Å². The lowest BCUT2D eigenvalue weighted by molar-refractivity contribution is 0.105. The number of hydrazone groups is 1. The number of carbonyl (C=O) groups excluding carboxylic acids is 1. The first kappa shape index (κ1) is 16.7. The number of amidine groups is 1. The molecule has 118 valence electrons. The van der Waals surface area contributed by atoms with Gasteiger partial charge in [-0.25, -0.2) is 5.43 Å². The van der Waals surface area contributed by atoms with Crippen LogP contribution in [0.4, 0.5) is 5.69 Å². The van der Waals surface area contributed by atoms with E-state index in [1.54, 1.807) is 24.3 Å². The summed E-state index contributed by atoms with van der Waals surface area (Å²) in [5.41, 5.74) is 2.88. The summed E-state index contributed by atoms with van der Waals surface area (Å²) < 4.78 is 5.16. The van der Waals surface area contributed by atoms with Crippen molar-refractivity contribution in [1.82, 2.24) is 5.16 Å². The lowest BCUT2D eigenvalue weighted by atomic mass is 9.93. The van der Waals surface area contributed by atoms with Crippen LogP contribution in [0.15, 0.2) is 40.0 Å². The Hall–Kier alpha value is -2.65. The molecule has 0 aliphatic rings. The van der Waals surface area contributed by atoms with E-state index in [1.165, 1.54) is 6.07 Å². The molecule has 0 atom stereocenters. The van der Waals surface area contributed by atoms with Crippen molar-refractivity contribution in [3.63, 3.8) is 0 Å². The third-order valence-corrected chi connectivity index (χ3v) is 3.28. The van der Waals surface area contributed by atoms with Crippen molar-refractivity contribution < 1.29 is 9.32 Å². The Kier molecular flexibility index (Phi) is 4.82. The second-order valence-corrected chi connectivity index (χ2v) is 6.20. The van der Waals surface area contributed by atoms with Crippen LogP contribution >= 0.6 is 11.6 Å². The molecule has 0 spiro atoms. The molecule has 0 bridgehead atoms. The molecule has 0 aliphatic heterocycles. The number of benzene rings is 1. The predicted molar refractivity (Wildman–Crippen MR) is 88.6 cm³/mol. The van der Waals surface area contributed by atoms with Crippen LogP contribution in [0.3, 0.4) is 0 Å². The largest absolute Gasteiger partial charge is 0.360 e. The summed E-state index contributed by atoms with van der Waals surface area (Å²) >= 11 is 5.98. The third kappa shape index (κ3) is 3.96. The summed E-state index contributed by atoms with van der Waals surface area (Å²) in [6.45, 7) is 12.9. The molecule has 0 amide bonds. The minimum Gasteiger partial charge on any atom is -0.360 e. The lowest BCUT2D eigenvalue weighted by Gasteiger charge is -2.11. The highest BCUT2D eigenvalue weighted by Gasteiger charge is 2.24. The Morgan fingerprint density at radius 2 is 2.09 bits per heavy atom. The molecule has 6 nitrogen and oxygen atoms in total. The van der Waals surface area contributed by atoms with Gasteiger partial charge in [-0.15, -0.1) is 0 Å². The molecule has 1 heterocycles. The van der Waals surface area contributed by atoms with Crippen LogP contribution in [0.1, 0.15) is 37.0 Å². The average molecular weight is 331 g/mol. The van der Waals surface area contributed by atoms with Crippen molar-refractivity contribution in [3.05, 3.63) is 58.2 Å². The first-order chi connectivity index (χ1) is 10.8. The van der Waals surface area contributed by atoms with Gasteiger partial charge in [0.1, 0.15) is 11.5 Å². The average Bonchev–Trinajstić information content (AvgIpc) is 2.99. The van der Waals surface area contributed by atoms with E-state index in [1.807, 2.05) is 20.8 Å². The van der Waals surface area contributed by atoms with Crippen LogP contribution in [0.25, 0.3) is 4.85 Å². The molecule has 0 radical (unpaired) electrons. The number of hydrogen-bond acceptors (Lipinski definition) is 5. The fourth-order valence-electron chi connectivity index (χ4n) is 1.64. The van der Waals surface area contributed by atoms with Crippen molar-refractivity contribution in [2.45, 2.75) is 26.2 Å². The monoisotopic (exact) mass is 330 g/mol. The lowest BCUT2D eigenvalue weighted by Crippen LogP contribution is -2.13. The fourth-order valence-corrected chi connectivity index (χ4v) is 1.82. The molecular formula is C16H15ClN4O2. The van der Waals surface area contributed by atoms with Crippen molar-refractivity contribution >= 4 is 28.9 Å². The Bertz CT molecular complexity index is 797. The van der Waals surface area contributed by atoms with Crippen molar-refractivity contribution in [2.24, 2.45) is 5.10 Å². The van der Waals surface area contributed by atoms with E-state index in [4.69, 9.17) is 22.7 Å². The van der Waals surface area contributed by atoms with Gasteiger partial charge in [0.2, 0.25) is 5.78 Å². The Balaban J connectivity index is 2.22. The number of para-hydroxylation sites is 1. The van der Waals surface area contributed by atoms with Gasteiger partial charge in [0.05, 0.1) is 10.7 Å². The van der Waals surface area contributed by atoms with Crippen LogP contribution in [0, 0.1) is 6.57 Å². The van der Waals surface area contributed by atoms with Crippen LogP contribution in [0.5, 0.6) is 0 Å². The van der Waals surface area contributed by atoms with Crippen LogP contribution in [0.2, 0.25) is 5.02 Å². The minimum absolute atomic E-state index is 0.0469. The summed E-state index contributed by atoms with van der Waals surface area (Å²) in [5, 5.41) is 7.97. The molecule has 0 fully saturated rings. The molecule has 0 unspecified atom stereocenters. The van der Waals surface area contributed by atoms with Gasteiger partial charge in [-0.3, -0.25) is 4.79 Å². The number of carbonyl (C=O) groups is 1. The molecule has 1 aromatic heterocycles. The van der Waals surface area contributed by atoms with Crippen molar-refractivity contribution in [3.8, 4) is 0 Å². The molecule has 7 heteroatoms. The molecule has 2 aromatic rings. The standard InChI is InChI=1S/C16H15ClN4O2/c1-16(2,3)13-9-12(21-23-13)14(22)15(18-4)20-19-11-8-6-5-7-10(11)17/h5-9,19H,1-3H3/b20-15-. The number of aromatic nitrogens is 1. The quantitative estimate of drug-likeness (QED) is 0.300. The van der Waals surface area contributed by atoms with Crippen molar-refractivity contribution in [2.75, 3.05) is 5.43 Å². The molecule has 1 aromatic carbocycles. The number of Topliss-reactive ketones (excluding diaryl/α,β-unsaturated/α-hetero) is 1. The highest BCUT2D eigenvalue weighted by atomic mass is 35.5. The number of hydrogen-bond donors (Lipinski definition) is 1. The molecule has 0 aliphatic carbocycles. The summed E-state index contributed by atoms with van der Waals surface area (Å²) in [4.78, 5) is 15.4. The first-order valence-corrected chi connectivity index (χ1v) is 7.18. The van der Waals surface area contributed by atoms with Gasteiger partial charge in [-0.2, -0.15) is 0 Å². The van der Waals surface area contributed by atoms with E-state index >= 15 is 0 Å². The predicted octanol–water partition coefficient (Wildman–Crippen LogP) is 4.15.